The van der Waals surface area contributed by atoms with E-state index in [9.17, 15) is 8.42 Å². The van der Waals surface area contributed by atoms with Crippen molar-refractivity contribution in [3.8, 4) is 5.75 Å². The average molecular weight is 185 g/mol. The number of hydrogen-bond acceptors (Lipinski definition) is 4. The molecule has 0 atom stereocenters. The molecule has 0 bridgehead atoms. The summed E-state index contributed by atoms with van der Waals surface area (Å²) in [6, 6.07) is 6.41. The van der Waals surface area contributed by atoms with Gasteiger partial charge < -0.3 is 10.5 Å². The Morgan fingerprint density at radius 2 is 1.83 bits per heavy atom. The highest BCUT2D eigenvalue weighted by Crippen LogP contribution is 2.11. The fourth-order valence-corrected chi connectivity index (χ4v) is 0.831. The second-order valence-electron chi connectivity index (χ2n) is 2.04. The molecule has 0 aromatic heterocycles. The molecule has 0 radical (unpaired) electrons. The van der Waals surface area contributed by atoms with Gasteiger partial charge in [0.1, 0.15) is 5.75 Å². The first-order valence-corrected chi connectivity index (χ1v) is 4.26. The Labute approximate surface area is 71.1 Å². The molecular weight excluding hydrogens is 178 g/mol. The van der Waals surface area contributed by atoms with Gasteiger partial charge in [-0.3, -0.25) is 0 Å². The van der Waals surface area contributed by atoms with E-state index in [0.717, 1.165) is 0 Å². The maximum atomic E-state index is 10.0. The minimum absolute atomic E-state index is 0.438. The normalized spacial score (nSPS) is 9.00. The zero-order chi connectivity index (χ0) is 8.97. The van der Waals surface area contributed by atoms with Gasteiger partial charge in [0.05, 0.1) is 0 Å². The van der Waals surface area contributed by atoms with Crippen molar-refractivity contribution in [2.75, 3.05) is 5.73 Å². The standard InChI is InChI=1S/C7H7NO3S/c8-6-1-3-7(4-2-6)11-5-12(9)10/h1-5H,8H2. The number of rotatable bonds is 2. The van der Waals surface area contributed by atoms with Crippen LogP contribution in [0.1, 0.15) is 0 Å². The van der Waals surface area contributed by atoms with Crippen LogP contribution in [0.3, 0.4) is 0 Å². The van der Waals surface area contributed by atoms with Crippen molar-refractivity contribution in [1.29, 1.82) is 0 Å². The molecule has 0 unspecified atom stereocenters. The number of anilines is 1. The van der Waals surface area contributed by atoms with Crippen molar-refractivity contribution >= 4 is 21.5 Å². The molecule has 0 aliphatic heterocycles. The Morgan fingerprint density at radius 1 is 1.25 bits per heavy atom. The average Bonchev–Trinajstić information content (AvgIpc) is 2.03. The maximum absolute atomic E-state index is 10.0. The van der Waals surface area contributed by atoms with Crippen molar-refractivity contribution in [3.05, 3.63) is 24.3 Å². The molecule has 4 nitrogen and oxygen atoms in total. The highest BCUT2D eigenvalue weighted by Gasteiger charge is 1.89. The molecular formula is C7H7NO3S. The molecule has 0 fully saturated rings. The Morgan fingerprint density at radius 3 is 2.33 bits per heavy atom. The number of ether oxygens (including phenoxy) is 1. The van der Waals surface area contributed by atoms with Crippen LogP contribution in [0, 0.1) is 0 Å². The lowest BCUT2D eigenvalue weighted by atomic mass is 10.3. The number of nitrogens with two attached hydrogens (primary N) is 1. The molecule has 1 aromatic carbocycles. The summed E-state index contributed by atoms with van der Waals surface area (Å²) in [6.07, 6.45) is 0. The van der Waals surface area contributed by atoms with Gasteiger partial charge in [0.2, 0.25) is 15.8 Å². The minimum Gasteiger partial charge on any atom is -0.449 e. The molecule has 0 aliphatic rings. The second kappa shape index (κ2) is 3.77. The van der Waals surface area contributed by atoms with E-state index in [0.29, 0.717) is 17.0 Å². The van der Waals surface area contributed by atoms with Crippen molar-refractivity contribution < 1.29 is 13.2 Å². The lowest BCUT2D eigenvalue weighted by Gasteiger charge is -1.96. The van der Waals surface area contributed by atoms with E-state index in [1.54, 1.807) is 24.3 Å². The first-order valence-electron chi connectivity index (χ1n) is 3.12. The summed E-state index contributed by atoms with van der Waals surface area (Å²) in [5.41, 5.74) is 6.71. The summed E-state index contributed by atoms with van der Waals surface area (Å²) in [7, 11) is -2.30. The fourth-order valence-electron chi connectivity index (χ4n) is 0.641. The van der Waals surface area contributed by atoms with Crippen LogP contribution >= 0.6 is 0 Å². The third kappa shape index (κ3) is 2.63. The zero-order valence-electron chi connectivity index (χ0n) is 6.10. The predicted molar refractivity (Wildman–Crippen MR) is 46.5 cm³/mol. The summed E-state index contributed by atoms with van der Waals surface area (Å²) < 4.78 is 24.8. The van der Waals surface area contributed by atoms with Crippen LogP contribution < -0.4 is 10.5 Å². The monoisotopic (exact) mass is 185 g/mol. The second-order valence-corrected chi connectivity index (χ2v) is 2.76. The van der Waals surface area contributed by atoms with E-state index in [1.165, 1.54) is 0 Å². The summed E-state index contributed by atoms with van der Waals surface area (Å²) in [5.74, 6) is 0.438. The Kier molecular flexibility index (Phi) is 2.71. The number of hydrogen-bond donors (Lipinski definition) is 1. The van der Waals surface area contributed by atoms with Gasteiger partial charge in [0.15, 0.2) is 0 Å². The number of nitrogen functional groups attached to an aromatic ring is 1. The molecule has 0 saturated carbocycles. The Hall–Kier alpha value is -1.49. The van der Waals surface area contributed by atoms with E-state index in [2.05, 4.69) is 0 Å². The van der Waals surface area contributed by atoms with Gasteiger partial charge in [-0.2, -0.15) is 8.42 Å². The van der Waals surface area contributed by atoms with Crippen molar-refractivity contribution in [2.45, 2.75) is 0 Å². The molecule has 1 rings (SSSR count). The van der Waals surface area contributed by atoms with Gasteiger partial charge in [-0.15, -0.1) is 0 Å². The summed E-state index contributed by atoms with van der Waals surface area (Å²) in [5, 5.41) is 0. The van der Waals surface area contributed by atoms with E-state index in [4.69, 9.17) is 10.5 Å². The van der Waals surface area contributed by atoms with Gasteiger partial charge in [-0.1, -0.05) is 0 Å². The van der Waals surface area contributed by atoms with E-state index in [1.807, 2.05) is 0 Å². The Bertz CT molecular complexity index is 372. The fraction of sp³-hybridized carbons (Fsp3) is 0. The lowest BCUT2D eigenvalue weighted by Crippen LogP contribution is -1.90. The predicted octanol–water partition coefficient (Wildman–Crippen LogP) is 0.286. The van der Waals surface area contributed by atoms with Gasteiger partial charge >= 0.3 is 0 Å². The first-order chi connectivity index (χ1) is 5.68. The summed E-state index contributed by atoms with van der Waals surface area (Å²) in [4.78, 5) is 0. The van der Waals surface area contributed by atoms with Crippen LogP contribution in [0.5, 0.6) is 5.75 Å². The maximum Gasteiger partial charge on any atom is 0.249 e. The van der Waals surface area contributed by atoms with Gasteiger partial charge in [-0.25, -0.2) is 0 Å². The molecule has 0 aliphatic carbocycles. The summed E-state index contributed by atoms with van der Waals surface area (Å²) in [6.45, 7) is 0. The molecule has 0 saturated heterocycles. The smallest absolute Gasteiger partial charge is 0.249 e. The zero-order valence-corrected chi connectivity index (χ0v) is 6.91. The molecule has 0 heterocycles. The Balaban J connectivity index is 2.78. The van der Waals surface area contributed by atoms with Crippen LogP contribution in [-0.4, -0.2) is 14.0 Å². The van der Waals surface area contributed by atoms with Crippen LogP contribution in [-0.2, 0) is 10.3 Å². The summed E-state index contributed by atoms with van der Waals surface area (Å²) >= 11 is 0. The largest absolute Gasteiger partial charge is 0.449 e. The van der Waals surface area contributed by atoms with Crippen LogP contribution in [0.15, 0.2) is 24.3 Å². The van der Waals surface area contributed by atoms with Crippen LogP contribution in [0.25, 0.3) is 0 Å². The van der Waals surface area contributed by atoms with E-state index in [-0.39, 0.29) is 0 Å². The van der Waals surface area contributed by atoms with Crippen molar-refractivity contribution in [2.24, 2.45) is 0 Å². The van der Waals surface area contributed by atoms with Crippen LogP contribution in [0.4, 0.5) is 5.69 Å². The first kappa shape index (κ1) is 8.61. The highest BCUT2D eigenvalue weighted by atomic mass is 32.2. The van der Waals surface area contributed by atoms with Gasteiger partial charge in [0.25, 0.3) is 0 Å². The van der Waals surface area contributed by atoms with Crippen molar-refractivity contribution in [3.63, 3.8) is 0 Å². The third-order valence-electron chi connectivity index (χ3n) is 1.14. The molecule has 5 heteroatoms. The molecule has 0 spiro atoms. The molecule has 2 N–H and O–H groups in total. The van der Waals surface area contributed by atoms with Crippen molar-refractivity contribution in [1.82, 2.24) is 0 Å². The molecule has 64 valence electrons. The van der Waals surface area contributed by atoms with E-state index < -0.39 is 10.3 Å². The van der Waals surface area contributed by atoms with Gasteiger partial charge in [0, 0.05) is 5.69 Å². The molecule has 12 heavy (non-hydrogen) atoms. The molecule has 0 amide bonds. The SMILES string of the molecule is Nc1ccc(OC=S(=O)=O)cc1. The van der Waals surface area contributed by atoms with Gasteiger partial charge in [-0.05, 0) is 24.3 Å². The quantitative estimate of drug-likeness (QED) is 0.531. The van der Waals surface area contributed by atoms with E-state index >= 15 is 0 Å². The lowest BCUT2D eigenvalue weighted by molar-refractivity contribution is 0.577. The number of benzene rings is 1. The highest BCUT2D eigenvalue weighted by molar-refractivity contribution is 7.71. The minimum atomic E-state index is -2.30. The third-order valence-corrected chi connectivity index (χ3v) is 1.40. The topological polar surface area (TPSA) is 69.4 Å². The molecule has 1 aromatic rings. The van der Waals surface area contributed by atoms with Crippen LogP contribution in [0.2, 0.25) is 0 Å².